The van der Waals surface area contributed by atoms with Crippen LogP contribution in [0.25, 0.3) is 0 Å². The van der Waals surface area contributed by atoms with E-state index in [9.17, 15) is 4.79 Å². The first-order valence-electron chi connectivity index (χ1n) is 8.96. The molecule has 0 unspecified atom stereocenters. The number of methoxy groups -OCH3 is 1. The Balaban J connectivity index is 0.00000676. The summed E-state index contributed by atoms with van der Waals surface area (Å²) in [6.07, 6.45) is 0. The van der Waals surface area contributed by atoms with Crippen LogP contribution in [0.15, 0.2) is 23.2 Å². The number of hydrogen-bond donors (Lipinski definition) is 3. The fourth-order valence-corrected chi connectivity index (χ4v) is 2.07. The molecule has 0 aliphatic rings. The molecule has 0 aliphatic carbocycles. The highest BCUT2D eigenvalue weighted by Gasteiger charge is 2.20. The summed E-state index contributed by atoms with van der Waals surface area (Å²) in [5, 5.41) is 9.30. The molecular formula is C19H33IN4O3. The summed E-state index contributed by atoms with van der Waals surface area (Å²) in [6.45, 7) is 11.9. The molecule has 154 valence electrons. The predicted octanol–water partition coefficient (Wildman–Crippen LogP) is 3.25. The molecule has 0 spiro atoms. The van der Waals surface area contributed by atoms with Crippen molar-refractivity contribution in [2.75, 3.05) is 38.7 Å². The number of carbonyl (C=O) groups is 1. The van der Waals surface area contributed by atoms with Crippen molar-refractivity contribution < 1.29 is 14.3 Å². The van der Waals surface area contributed by atoms with Crippen molar-refractivity contribution in [1.29, 1.82) is 0 Å². The highest BCUT2D eigenvalue weighted by Crippen LogP contribution is 2.30. The molecule has 0 atom stereocenters. The standard InChI is InChI=1S/C19H32N4O3.HI/c1-7-20-18(22-12-11-21-17(24)19(3,4)5)23-14-9-10-15(26-8-2)16(13-14)25-6;/h9-10,13H,7-8,11-12H2,1-6H3,(H,21,24)(H2,20,22,23);1H. The van der Waals surface area contributed by atoms with Gasteiger partial charge < -0.3 is 25.4 Å². The fraction of sp³-hybridized carbons (Fsp3) is 0.579. The SMILES string of the molecule is CCNC(=NCCNC(=O)C(C)(C)C)Nc1ccc(OCC)c(OC)c1.I. The molecule has 1 aromatic carbocycles. The van der Waals surface area contributed by atoms with Gasteiger partial charge in [0, 0.05) is 30.3 Å². The van der Waals surface area contributed by atoms with Gasteiger partial charge in [0.15, 0.2) is 17.5 Å². The van der Waals surface area contributed by atoms with Crippen molar-refractivity contribution in [3.8, 4) is 11.5 Å². The molecule has 8 heteroatoms. The Morgan fingerprint density at radius 2 is 1.85 bits per heavy atom. The lowest BCUT2D eigenvalue weighted by Crippen LogP contribution is -2.37. The quantitative estimate of drug-likeness (QED) is 0.225. The van der Waals surface area contributed by atoms with Gasteiger partial charge in [-0.05, 0) is 26.0 Å². The first-order chi connectivity index (χ1) is 12.3. The second-order valence-corrected chi connectivity index (χ2v) is 6.69. The topological polar surface area (TPSA) is 84.0 Å². The molecule has 0 radical (unpaired) electrons. The second kappa shape index (κ2) is 12.6. The molecule has 0 saturated heterocycles. The van der Waals surface area contributed by atoms with Crippen molar-refractivity contribution in [3.63, 3.8) is 0 Å². The smallest absolute Gasteiger partial charge is 0.225 e. The van der Waals surface area contributed by atoms with Crippen LogP contribution in [0.3, 0.4) is 0 Å². The summed E-state index contributed by atoms with van der Waals surface area (Å²) in [5.74, 6) is 2.02. The molecule has 0 aromatic heterocycles. The first kappa shape index (κ1) is 25.3. The van der Waals surface area contributed by atoms with E-state index >= 15 is 0 Å². The summed E-state index contributed by atoms with van der Waals surface area (Å²) in [7, 11) is 1.61. The molecule has 0 fully saturated rings. The van der Waals surface area contributed by atoms with E-state index in [2.05, 4.69) is 20.9 Å². The summed E-state index contributed by atoms with van der Waals surface area (Å²) in [4.78, 5) is 16.3. The zero-order chi connectivity index (χ0) is 19.6. The van der Waals surface area contributed by atoms with Gasteiger partial charge in [0.1, 0.15) is 0 Å². The number of anilines is 1. The maximum atomic E-state index is 11.9. The molecule has 7 nitrogen and oxygen atoms in total. The van der Waals surface area contributed by atoms with Crippen LogP contribution in [0.5, 0.6) is 11.5 Å². The van der Waals surface area contributed by atoms with Crippen LogP contribution in [0.1, 0.15) is 34.6 Å². The van der Waals surface area contributed by atoms with Crippen molar-refractivity contribution in [1.82, 2.24) is 10.6 Å². The van der Waals surface area contributed by atoms with Gasteiger partial charge in [0.25, 0.3) is 0 Å². The third-order valence-electron chi connectivity index (χ3n) is 3.42. The van der Waals surface area contributed by atoms with Gasteiger partial charge in [0.2, 0.25) is 5.91 Å². The van der Waals surface area contributed by atoms with Gasteiger partial charge in [0.05, 0.1) is 20.3 Å². The minimum Gasteiger partial charge on any atom is -0.493 e. The molecule has 27 heavy (non-hydrogen) atoms. The van der Waals surface area contributed by atoms with Crippen LogP contribution in [-0.2, 0) is 4.79 Å². The van der Waals surface area contributed by atoms with Gasteiger partial charge in [-0.2, -0.15) is 0 Å². The van der Waals surface area contributed by atoms with Crippen molar-refractivity contribution in [2.24, 2.45) is 10.4 Å². The van der Waals surface area contributed by atoms with Crippen LogP contribution < -0.4 is 25.4 Å². The van der Waals surface area contributed by atoms with E-state index in [1.807, 2.05) is 52.8 Å². The lowest BCUT2D eigenvalue weighted by Gasteiger charge is -2.17. The number of aliphatic imine (C=N–C) groups is 1. The molecular weight excluding hydrogens is 459 g/mol. The number of nitrogens with one attached hydrogen (secondary N) is 3. The largest absolute Gasteiger partial charge is 0.493 e. The number of guanidine groups is 1. The summed E-state index contributed by atoms with van der Waals surface area (Å²) < 4.78 is 10.9. The Morgan fingerprint density at radius 3 is 2.41 bits per heavy atom. The monoisotopic (exact) mass is 492 g/mol. The number of hydrogen-bond acceptors (Lipinski definition) is 4. The fourth-order valence-electron chi connectivity index (χ4n) is 2.07. The zero-order valence-electron chi connectivity index (χ0n) is 17.1. The average Bonchev–Trinajstić information content (AvgIpc) is 2.59. The van der Waals surface area contributed by atoms with Crippen LogP contribution in [-0.4, -0.2) is 45.2 Å². The maximum Gasteiger partial charge on any atom is 0.225 e. The first-order valence-corrected chi connectivity index (χ1v) is 8.96. The van der Waals surface area contributed by atoms with E-state index in [1.165, 1.54) is 0 Å². The van der Waals surface area contributed by atoms with Gasteiger partial charge in [-0.1, -0.05) is 20.8 Å². The number of ether oxygens (including phenoxy) is 2. The van der Waals surface area contributed by atoms with Crippen LogP contribution >= 0.6 is 24.0 Å². The molecule has 0 bridgehead atoms. The van der Waals surface area contributed by atoms with Crippen LogP contribution in [0.2, 0.25) is 0 Å². The third-order valence-corrected chi connectivity index (χ3v) is 3.42. The number of halogens is 1. The predicted molar refractivity (Wildman–Crippen MR) is 122 cm³/mol. The van der Waals surface area contributed by atoms with Crippen molar-refractivity contribution in [2.45, 2.75) is 34.6 Å². The Morgan fingerprint density at radius 1 is 1.15 bits per heavy atom. The number of benzene rings is 1. The molecule has 0 aliphatic heterocycles. The van der Waals surface area contributed by atoms with Gasteiger partial charge in [-0.25, -0.2) is 0 Å². The third kappa shape index (κ3) is 9.16. The van der Waals surface area contributed by atoms with Gasteiger partial charge >= 0.3 is 0 Å². The second-order valence-electron chi connectivity index (χ2n) is 6.69. The Bertz CT molecular complexity index is 615. The molecule has 0 saturated carbocycles. The van der Waals surface area contributed by atoms with Crippen LogP contribution in [0.4, 0.5) is 5.69 Å². The number of carbonyl (C=O) groups excluding carboxylic acids is 1. The van der Waals surface area contributed by atoms with E-state index < -0.39 is 5.41 Å². The Hall–Kier alpha value is -1.71. The van der Waals surface area contributed by atoms with E-state index in [1.54, 1.807) is 7.11 Å². The number of nitrogens with zero attached hydrogens (tertiary/aromatic N) is 1. The highest BCUT2D eigenvalue weighted by atomic mass is 127. The summed E-state index contributed by atoms with van der Waals surface area (Å²) >= 11 is 0. The highest BCUT2D eigenvalue weighted by molar-refractivity contribution is 14.0. The Kier molecular flexibility index (Phi) is 11.8. The average molecular weight is 492 g/mol. The summed E-state index contributed by atoms with van der Waals surface area (Å²) in [6, 6.07) is 5.62. The molecule has 1 aromatic rings. The van der Waals surface area contributed by atoms with E-state index in [0.717, 1.165) is 12.2 Å². The lowest BCUT2D eigenvalue weighted by molar-refractivity contribution is -0.128. The lowest BCUT2D eigenvalue weighted by atomic mass is 9.96. The van der Waals surface area contributed by atoms with Crippen molar-refractivity contribution >= 4 is 41.5 Å². The van der Waals surface area contributed by atoms with E-state index in [4.69, 9.17) is 9.47 Å². The maximum absolute atomic E-state index is 11.9. The molecule has 1 amide bonds. The minimum atomic E-state index is -0.397. The Labute approximate surface area is 179 Å². The minimum absolute atomic E-state index is 0. The van der Waals surface area contributed by atoms with E-state index in [-0.39, 0.29) is 29.9 Å². The van der Waals surface area contributed by atoms with Gasteiger partial charge in [-0.15, -0.1) is 24.0 Å². The van der Waals surface area contributed by atoms with Crippen LogP contribution in [0, 0.1) is 5.41 Å². The molecule has 1 rings (SSSR count). The number of rotatable bonds is 8. The number of amides is 1. The van der Waals surface area contributed by atoms with Crippen molar-refractivity contribution in [3.05, 3.63) is 18.2 Å². The summed E-state index contributed by atoms with van der Waals surface area (Å²) in [5.41, 5.74) is 0.439. The van der Waals surface area contributed by atoms with Gasteiger partial charge in [-0.3, -0.25) is 9.79 Å². The van der Waals surface area contributed by atoms with E-state index in [0.29, 0.717) is 37.2 Å². The zero-order valence-corrected chi connectivity index (χ0v) is 19.5. The molecule has 0 heterocycles. The molecule has 3 N–H and O–H groups in total. The normalized spacial score (nSPS) is 11.3.